The van der Waals surface area contributed by atoms with Gasteiger partial charge in [-0.2, -0.15) is 0 Å². The number of piperidine rings is 1. The number of benzene rings is 1. The van der Waals surface area contributed by atoms with Crippen LogP contribution in [0.3, 0.4) is 0 Å². The number of hydrazine groups is 1. The Morgan fingerprint density at radius 2 is 1.95 bits per heavy atom. The minimum absolute atomic E-state index is 0.0137. The highest BCUT2D eigenvalue weighted by Crippen LogP contribution is 2.27. The molecule has 0 radical (unpaired) electrons. The molecule has 1 aromatic carbocycles. The molecule has 0 aromatic heterocycles. The molecule has 2 unspecified atom stereocenters. The van der Waals surface area contributed by atoms with Gasteiger partial charge in [-0.05, 0) is 32.8 Å². The van der Waals surface area contributed by atoms with Gasteiger partial charge in [0.15, 0.2) is 0 Å². The molecule has 19 heavy (non-hydrogen) atoms. The monoisotopic (exact) mass is 264 g/mol. The molecule has 0 amide bonds. The van der Waals surface area contributed by atoms with Gasteiger partial charge in [-0.15, -0.1) is 0 Å². The van der Waals surface area contributed by atoms with Crippen LogP contribution < -0.4 is 11.2 Å². The Balaban J connectivity index is 2.20. The second kappa shape index (κ2) is 5.44. The summed E-state index contributed by atoms with van der Waals surface area (Å²) in [7, 11) is 0. The summed E-state index contributed by atoms with van der Waals surface area (Å²) in [5.74, 6) is 0. The van der Waals surface area contributed by atoms with E-state index in [9.17, 15) is 10.1 Å². The molecular formula is C13H20N4O2. The van der Waals surface area contributed by atoms with E-state index in [-0.39, 0.29) is 5.69 Å². The lowest BCUT2D eigenvalue weighted by Gasteiger charge is -2.39. The summed E-state index contributed by atoms with van der Waals surface area (Å²) in [6, 6.07) is 5.42. The SMILES string of the molecule is CC1CCCC(C)N1Nc1cc(N)cc([N+](=O)[O-])c1. The van der Waals surface area contributed by atoms with Gasteiger partial charge in [0.05, 0.1) is 10.6 Å². The number of nitrogens with two attached hydrogens (primary N) is 1. The van der Waals surface area contributed by atoms with Gasteiger partial charge in [-0.25, -0.2) is 5.01 Å². The summed E-state index contributed by atoms with van der Waals surface area (Å²) in [5, 5.41) is 13.0. The lowest BCUT2D eigenvalue weighted by Crippen LogP contribution is -2.47. The van der Waals surface area contributed by atoms with E-state index in [0.717, 1.165) is 12.8 Å². The Kier molecular flexibility index (Phi) is 3.90. The van der Waals surface area contributed by atoms with Crippen LogP contribution in [0.4, 0.5) is 17.1 Å². The fourth-order valence-corrected chi connectivity index (χ4v) is 2.60. The lowest BCUT2D eigenvalue weighted by molar-refractivity contribution is -0.384. The van der Waals surface area contributed by atoms with Crippen LogP contribution in [0.5, 0.6) is 0 Å². The maximum atomic E-state index is 10.8. The van der Waals surface area contributed by atoms with E-state index in [1.54, 1.807) is 6.07 Å². The number of nitrogen functional groups attached to an aromatic ring is 1. The summed E-state index contributed by atoms with van der Waals surface area (Å²) < 4.78 is 0. The van der Waals surface area contributed by atoms with Crippen molar-refractivity contribution >= 4 is 17.1 Å². The van der Waals surface area contributed by atoms with Crippen LogP contribution in [0.2, 0.25) is 0 Å². The third-order valence-corrected chi connectivity index (χ3v) is 3.60. The molecule has 6 heteroatoms. The first-order valence-corrected chi connectivity index (χ1v) is 6.57. The van der Waals surface area contributed by atoms with Crippen molar-refractivity contribution in [3.63, 3.8) is 0 Å². The van der Waals surface area contributed by atoms with Gasteiger partial charge in [-0.1, -0.05) is 6.42 Å². The smallest absolute Gasteiger partial charge is 0.273 e. The van der Waals surface area contributed by atoms with Gasteiger partial charge in [0, 0.05) is 29.9 Å². The summed E-state index contributed by atoms with van der Waals surface area (Å²) in [5.41, 5.74) is 10.1. The number of hydrogen-bond acceptors (Lipinski definition) is 5. The maximum absolute atomic E-state index is 10.8. The molecule has 2 atom stereocenters. The van der Waals surface area contributed by atoms with Crippen molar-refractivity contribution in [1.82, 2.24) is 5.01 Å². The molecule has 0 bridgehead atoms. The number of nitro benzene ring substituents is 1. The zero-order valence-electron chi connectivity index (χ0n) is 11.3. The molecule has 0 spiro atoms. The van der Waals surface area contributed by atoms with Crippen LogP contribution in [0.1, 0.15) is 33.1 Å². The van der Waals surface area contributed by atoms with Gasteiger partial charge in [-0.3, -0.25) is 10.1 Å². The molecule has 2 rings (SSSR count). The number of nitro groups is 1. The highest BCUT2D eigenvalue weighted by atomic mass is 16.6. The van der Waals surface area contributed by atoms with Gasteiger partial charge in [0.2, 0.25) is 0 Å². The van der Waals surface area contributed by atoms with Crippen LogP contribution >= 0.6 is 0 Å². The molecule has 1 saturated heterocycles. The average molecular weight is 264 g/mol. The summed E-state index contributed by atoms with van der Waals surface area (Å²) >= 11 is 0. The molecule has 3 N–H and O–H groups in total. The molecule has 1 aromatic rings. The number of nitrogens with zero attached hydrogens (tertiary/aromatic N) is 2. The van der Waals surface area contributed by atoms with E-state index < -0.39 is 4.92 Å². The fourth-order valence-electron chi connectivity index (χ4n) is 2.60. The van der Waals surface area contributed by atoms with Crippen LogP contribution in [-0.2, 0) is 0 Å². The van der Waals surface area contributed by atoms with E-state index >= 15 is 0 Å². The minimum Gasteiger partial charge on any atom is -0.398 e. The van der Waals surface area contributed by atoms with Gasteiger partial charge in [0.25, 0.3) is 5.69 Å². The average Bonchev–Trinajstić information content (AvgIpc) is 2.33. The molecule has 1 fully saturated rings. The van der Waals surface area contributed by atoms with Crippen molar-refractivity contribution in [3.8, 4) is 0 Å². The largest absolute Gasteiger partial charge is 0.398 e. The number of hydrogen-bond donors (Lipinski definition) is 2. The number of non-ortho nitro benzene ring substituents is 1. The number of nitrogens with one attached hydrogen (secondary N) is 1. The second-order valence-corrected chi connectivity index (χ2v) is 5.22. The quantitative estimate of drug-likeness (QED) is 0.498. The van der Waals surface area contributed by atoms with Crippen LogP contribution in [0.25, 0.3) is 0 Å². The van der Waals surface area contributed by atoms with E-state index in [0.29, 0.717) is 23.5 Å². The molecule has 1 aliphatic rings. The molecular weight excluding hydrogens is 244 g/mol. The standard InChI is InChI=1S/C13H20N4O2/c1-9-4-3-5-10(2)16(9)15-12-6-11(14)7-13(8-12)17(18)19/h6-10,15H,3-5,14H2,1-2H3. The predicted octanol–water partition coefficient (Wildman–Crippen LogP) is 2.77. The van der Waals surface area contributed by atoms with E-state index in [1.165, 1.54) is 18.6 Å². The normalized spacial score (nSPS) is 24.1. The van der Waals surface area contributed by atoms with E-state index in [1.807, 2.05) is 0 Å². The second-order valence-electron chi connectivity index (χ2n) is 5.22. The first-order valence-electron chi connectivity index (χ1n) is 6.57. The van der Waals surface area contributed by atoms with E-state index in [2.05, 4.69) is 24.3 Å². The van der Waals surface area contributed by atoms with Crippen molar-refractivity contribution in [2.45, 2.75) is 45.2 Å². The summed E-state index contributed by atoms with van der Waals surface area (Å²) in [4.78, 5) is 10.4. The zero-order valence-corrected chi connectivity index (χ0v) is 11.3. The van der Waals surface area contributed by atoms with Crippen molar-refractivity contribution in [2.75, 3.05) is 11.2 Å². The van der Waals surface area contributed by atoms with Crippen molar-refractivity contribution in [2.24, 2.45) is 0 Å². The Hall–Kier alpha value is -1.82. The Morgan fingerprint density at radius 1 is 1.32 bits per heavy atom. The highest BCUT2D eigenvalue weighted by molar-refractivity contribution is 5.61. The highest BCUT2D eigenvalue weighted by Gasteiger charge is 2.25. The number of rotatable bonds is 3. The Morgan fingerprint density at radius 3 is 2.53 bits per heavy atom. The maximum Gasteiger partial charge on any atom is 0.273 e. The summed E-state index contributed by atoms with van der Waals surface area (Å²) in [6.07, 6.45) is 3.47. The van der Waals surface area contributed by atoms with Gasteiger partial charge in [0.1, 0.15) is 0 Å². The number of anilines is 2. The third kappa shape index (κ3) is 3.14. The van der Waals surface area contributed by atoms with Crippen LogP contribution in [0, 0.1) is 10.1 Å². The molecule has 1 heterocycles. The van der Waals surface area contributed by atoms with Crippen molar-refractivity contribution in [3.05, 3.63) is 28.3 Å². The molecule has 1 aliphatic heterocycles. The predicted molar refractivity (Wildman–Crippen MR) is 75.7 cm³/mol. The molecule has 0 saturated carbocycles. The molecule has 6 nitrogen and oxygen atoms in total. The molecule has 104 valence electrons. The zero-order chi connectivity index (χ0) is 14.0. The third-order valence-electron chi connectivity index (χ3n) is 3.60. The first kappa shape index (κ1) is 13.6. The lowest BCUT2D eigenvalue weighted by atomic mass is 10.00. The fraction of sp³-hybridized carbons (Fsp3) is 0.538. The van der Waals surface area contributed by atoms with Crippen molar-refractivity contribution in [1.29, 1.82) is 0 Å². The Labute approximate surface area is 112 Å². The molecule has 0 aliphatic carbocycles. The van der Waals surface area contributed by atoms with Gasteiger partial charge < -0.3 is 11.2 Å². The van der Waals surface area contributed by atoms with Gasteiger partial charge >= 0.3 is 0 Å². The van der Waals surface area contributed by atoms with E-state index in [4.69, 9.17) is 5.73 Å². The van der Waals surface area contributed by atoms with Crippen molar-refractivity contribution < 1.29 is 4.92 Å². The first-order chi connectivity index (χ1) is 8.97. The summed E-state index contributed by atoms with van der Waals surface area (Å²) in [6.45, 7) is 4.31. The minimum atomic E-state index is -0.426. The Bertz CT molecular complexity index is 468. The van der Waals surface area contributed by atoms with Crippen LogP contribution in [-0.4, -0.2) is 22.0 Å². The van der Waals surface area contributed by atoms with Crippen LogP contribution in [0.15, 0.2) is 18.2 Å². The topological polar surface area (TPSA) is 84.4 Å².